The molecule has 0 aromatic carbocycles. The van der Waals surface area contributed by atoms with Gasteiger partial charge in [-0.15, -0.1) is 0 Å². The molecule has 9 heteroatoms. The van der Waals surface area contributed by atoms with Crippen molar-refractivity contribution in [1.29, 1.82) is 0 Å². The van der Waals surface area contributed by atoms with Crippen LogP contribution in [0.1, 0.15) is 37.3 Å². The van der Waals surface area contributed by atoms with Crippen molar-refractivity contribution in [2.45, 2.75) is 45.9 Å². The number of hydrogen-bond donors (Lipinski definition) is 1. The molecule has 3 heterocycles. The zero-order valence-corrected chi connectivity index (χ0v) is 14.2. The molecule has 0 radical (unpaired) electrons. The van der Waals surface area contributed by atoms with Gasteiger partial charge in [0.15, 0.2) is 5.82 Å². The number of ether oxygens (including phenoxy) is 1. The van der Waals surface area contributed by atoms with E-state index in [1.54, 1.807) is 11.7 Å². The van der Waals surface area contributed by atoms with Crippen molar-refractivity contribution >= 4 is 0 Å². The molecule has 3 rings (SSSR count). The van der Waals surface area contributed by atoms with Crippen molar-refractivity contribution in [3.63, 3.8) is 0 Å². The fraction of sp³-hybridized carbons (Fsp3) is 0.733. The SMILES string of the molecule is CCn1c(CC2CCNCC2)nn(Cc2noc(COC)n2)c1=O. The molecule has 1 N–H and O–H groups in total. The third-order valence-electron chi connectivity index (χ3n) is 4.31. The van der Waals surface area contributed by atoms with Crippen LogP contribution < -0.4 is 11.0 Å². The number of nitrogens with zero attached hydrogens (tertiary/aromatic N) is 5. The average molecular weight is 336 g/mol. The van der Waals surface area contributed by atoms with Crippen LogP contribution in [0.15, 0.2) is 9.32 Å². The van der Waals surface area contributed by atoms with E-state index in [0.717, 1.165) is 38.2 Å². The number of methoxy groups -OCH3 is 1. The van der Waals surface area contributed by atoms with Crippen LogP contribution in [0.4, 0.5) is 0 Å². The van der Waals surface area contributed by atoms with E-state index in [0.29, 0.717) is 24.2 Å². The van der Waals surface area contributed by atoms with E-state index in [-0.39, 0.29) is 18.8 Å². The Morgan fingerprint density at radius 3 is 2.88 bits per heavy atom. The molecule has 2 aromatic heterocycles. The number of aromatic nitrogens is 5. The first-order valence-corrected chi connectivity index (χ1v) is 8.39. The van der Waals surface area contributed by atoms with Gasteiger partial charge < -0.3 is 14.6 Å². The Balaban J connectivity index is 1.76. The Bertz CT molecular complexity index is 713. The number of hydrogen-bond acceptors (Lipinski definition) is 7. The van der Waals surface area contributed by atoms with Gasteiger partial charge in [-0.05, 0) is 38.8 Å². The van der Waals surface area contributed by atoms with Crippen molar-refractivity contribution in [3.8, 4) is 0 Å². The maximum absolute atomic E-state index is 12.5. The third kappa shape index (κ3) is 3.73. The molecule has 0 bridgehead atoms. The molecule has 1 aliphatic rings. The summed E-state index contributed by atoms with van der Waals surface area (Å²) >= 11 is 0. The lowest BCUT2D eigenvalue weighted by atomic mass is 9.94. The predicted octanol–water partition coefficient (Wildman–Crippen LogP) is 0.185. The van der Waals surface area contributed by atoms with E-state index in [4.69, 9.17) is 9.26 Å². The fourth-order valence-electron chi connectivity index (χ4n) is 3.07. The molecule has 0 spiro atoms. The monoisotopic (exact) mass is 336 g/mol. The lowest BCUT2D eigenvalue weighted by Gasteiger charge is -2.21. The Morgan fingerprint density at radius 2 is 2.17 bits per heavy atom. The van der Waals surface area contributed by atoms with E-state index in [2.05, 4.69) is 20.6 Å². The highest BCUT2D eigenvalue weighted by atomic mass is 16.5. The number of nitrogens with one attached hydrogen (secondary N) is 1. The Morgan fingerprint density at radius 1 is 1.38 bits per heavy atom. The van der Waals surface area contributed by atoms with E-state index >= 15 is 0 Å². The van der Waals surface area contributed by atoms with Crippen LogP contribution in [-0.2, 0) is 30.9 Å². The maximum atomic E-state index is 12.5. The van der Waals surface area contributed by atoms with Gasteiger partial charge in [0.1, 0.15) is 19.0 Å². The fourth-order valence-corrected chi connectivity index (χ4v) is 3.07. The van der Waals surface area contributed by atoms with E-state index in [1.165, 1.54) is 4.68 Å². The van der Waals surface area contributed by atoms with Gasteiger partial charge in [-0.1, -0.05) is 5.16 Å². The second-order valence-corrected chi connectivity index (χ2v) is 6.04. The summed E-state index contributed by atoms with van der Waals surface area (Å²) in [7, 11) is 1.56. The van der Waals surface area contributed by atoms with Crippen LogP contribution in [0.2, 0.25) is 0 Å². The lowest BCUT2D eigenvalue weighted by molar-refractivity contribution is 0.151. The van der Waals surface area contributed by atoms with Crippen molar-refractivity contribution in [1.82, 2.24) is 29.8 Å². The summed E-state index contributed by atoms with van der Waals surface area (Å²) in [5.41, 5.74) is -0.125. The lowest BCUT2D eigenvalue weighted by Crippen LogP contribution is -2.30. The Labute approximate surface area is 140 Å². The van der Waals surface area contributed by atoms with Crippen LogP contribution >= 0.6 is 0 Å². The molecular formula is C15H24N6O3. The van der Waals surface area contributed by atoms with Crippen LogP contribution in [-0.4, -0.2) is 44.7 Å². The minimum Gasteiger partial charge on any atom is -0.375 e. The first-order chi connectivity index (χ1) is 11.7. The zero-order valence-electron chi connectivity index (χ0n) is 14.2. The molecule has 0 atom stereocenters. The van der Waals surface area contributed by atoms with Crippen LogP contribution in [0.3, 0.4) is 0 Å². The molecule has 1 aliphatic heterocycles. The zero-order chi connectivity index (χ0) is 16.9. The molecule has 1 fully saturated rings. The van der Waals surface area contributed by atoms with Crippen molar-refractivity contribution in [2.24, 2.45) is 5.92 Å². The average Bonchev–Trinajstić information content (AvgIpc) is 3.14. The smallest absolute Gasteiger partial charge is 0.346 e. The topological polar surface area (TPSA) is 100 Å². The van der Waals surface area contributed by atoms with Crippen LogP contribution in [0.25, 0.3) is 0 Å². The van der Waals surface area contributed by atoms with Crippen molar-refractivity contribution in [2.75, 3.05) is 20.2 Å². The van der Waals surface area contributed by atoms with Crippen LogP contribution in [0.5, 0.6) is 0 Å². The first kappa shape index (κ1) is 16.8. The number of rotatable bonds is 7. The standard InChI is InChI=1S/C15H24N6O3/c1-3-20-13(8-11-4-6-16-7-5-11)18-21(15(20)22)9-12-17-14(10-23-2)24-19-12/h11,16H,3-10H2,1-2H3. The van der Waals surface area contributed by atoms with Crippen molar-refractivity contribution in [3.05, 3.63) is 28.0 Å². The summed E-state index contributed by atoms with van der Waals surface area (Å²) < 4.78 is 13.2. The predicted molar refractivity (Wildman–Crippen MR) is 85.6 cm³/mol. The maximum Gasteiger partial charge on any atom is 0.346 e. The third-order valence-corrected chi connectivity index (χ3v) is 4.31. The molecule has 0 amide bonds. The van der Waals surface area contributed by atoms with Gasteiger partial charge in [-0.25, -0.2) is 9.48 Å². The van der Waals surface area contributed by atoms with Gasteiger partial charge >= 0.3 is 5.69 Å². The Kier molecular flexibility index (Phi) is 5.41. The molecule has 0 aliphatic carbocycles. The molecule has 9 nitrogen and oxygen atoms in total. The van der Waals surface area contributed by atoms with Gasteiger partial charge in [0.25, 0.3) is 5.89 Å². The highest BCUT2D eigenvalue weighted by molar-refractivity contribution is 4.94. The molecule has 1 saturated heterocycles. The second kappa shape index (κ2) is 7.71. The summed E-state index contributed by atoms with van der Waals surface area (Å²) in [5, 5.41) is 11.7. The minimum atomic E-state index is -0.125. The van der Waals surface area contributed by atoms with E-state index in [9.17, 15) is 4.79 Å². The summed E-state index contributed by atoms with van der Waals surface area (Å²) in [4.78, 5) is 16.7. The molecule has 0 unspecified atom stereocenters. The molecule has 24 heavy (non-hydrogen) atoms. The minimum absolute atomic E-state index is 0.125. The highest BCUT2D eigenvalue weighted by Crippen LogP contribution is 2.16. The number of piperidine rings is 1. The summed E-state index contributed by atoms with van der Waals surface area (Å²) in [6, 6.07) is 0. The van der Waals surface area contributed by atoms with Gasteiger partial charge in [0, 0.05) is 20.1 Å². The van der Waals surface area contributed by atoms with E-state index in [1.807, 2.05) is 6.92 Å². The summed E-state index contributed by atoms with van der Waals surface area (Å²) in [5.74, 6) is 2.24. The molecular weight excluding hydrogens is 312 g/mol. The highest BCUT2D eigenvalue weighted by Gasteiger charge is 2.20. The van der Waals surface area contributed by atoms with Gasteiger partial charge in [-0.3, -0.25) is 4.57 Å². The largest absolute Gasteiger partial charge is 0.375 e. The van der Waals surface area contributed by atoms with Gasteiger partial charge in [-0.2, -0.15) is 10.1 Å². The molecule has 0 saturated carbocycles. The van der Waals surface area contributed by atoms with Crippen molar-refractivity contribution < 1.29 is 9.26 Å². The van der Waals surface area contributed by atoms with E-state index < -0.39 is 0 Å². The normalized spacial score (nSPS) is 15.9. The van der Waals surface area contributed by atoms with Gasteiger partial charge in [0.05, 0.1) is 0 Å². The second-order valence-electron chi connectivity index (χ2n) is 6.04. The first-order valence-electron chi connectivity index (χ1n) is 8.39. The molecule has 2 aromatic rings. The summed E-state index contributed by atoms with van der Waals surface area (Å²) in [6.07, 6.45) is 3.07. The summed E-state index contributed by atoms with van der Waals surface area (Å²) in [6.45, 7) is 5.11. The quantitative estimate of drug-likeness (QED) is 0.770. The Hall–Kier alpha value is -2.00. The van der Waals surface area contributed by atoms with Gasteiger partial charge in [0.2, 0.25) is 0 Å². The molecule has 132 valence electrons. The van der Waals surface area contributed by atoms with Crippen LogP contribution in [0, 0.1) is 5.92 Å².